The van der Waals surface area contributed by atoms with Gasteiger partial charge in [0, 0.05) is 49.9 Å². The molecule has 0 atom stereocenters. The quantitative estimate of drug-likeness (QED) is 0.271. The summed E-state index contributed by atoms with van der Waals surface area (Å²) in [6.07, 6.45) is 0. The SMILES string of the molecule is CCN(CC)CCN1CCN(C(=O)CNC(=O)c2ccc(S(=O)(=O)N(Oc3ccc(Cl)cc3Cl)c3ccccc3)cc2)CC1. The fourth-order valence-corrected chi connectivity index (χ4v) is 6.41. The highest BCUT2D eigenvalue weighted by atomic mass is 35.5. The summed E-state index contributed by atoms with van der Waals surface area (Å²) in [5, 5.41) is 3.16. The van der Waals surface area contributed by atoms with Crippen molar-refractivity contribution in [2.24, 2.45) is 0 Å². The van der Waals surface area contributed by atoms with Gasteiger partial charge in [0.25, 0.3) is 15.9 Å². The molecule has 44 heavy (non-hydrogen) atoms. The molecule has 13 heteroatoms. The second kappa shape index (κ2) is 15.6. The lowest BCUT2D eigenvalue weighted by atomic mass is 10.2. The summed E-state index contributed by atoms with van der Waals surface area (Å²) in [6.45, 7) is 11.0. The van der Waals surface area contributed by atoms with Crippen molar-refractivity contribution < 1.29 is 22.8 Å². The van der Waals surface area contributed by atoms with Gasteiger partial charge in [-0.05, 0) is 67.7 Å². The second-order valence-electron chi connectivity index (χ2n) is 10.2. The number of halogens is 2. The maximum Gasteiger partial charge on any atom is 0.295 e. The second-order valence-corrected chi connectivity index (χ2v) is 12.8. The third kappa shape index (κ3) is 8.64. The fraction of sp³-hybridized carbons (Fsp3) is 0.355. The lowest BCUT2D eigenvalue weighted by Gasteiger charge is -2.35. The van der Waals surface area contributed by atoms with Crippen molar-refractivity contribution in [3.63, 3.8) is 0 Å². The average molecular weight is 663 g/mol. The largest absolute Gasteiger partial charge is 0.363 e. The zero-order chi connectivity index (χ0) is 31.7. The van der Waals surface area contributed by atoms with Crippen molar-refractivity contribution in [3.05, 3.63) is 88.4 Å². The maximum absolute atomic E-state index is 13.7. The molecule has 0 saturated carbocycles. The van der Waals surface area contributed by atoms with E-state index in [-0.39, 0.29) is 39.4 Å². The first-order valence-electron chi connectivity index (χ1n) is 14.5. The average Bonchev–Trinajstić information content (AvgIpc) is 3.04. The number of likely N-dealkylation sites (N-methyl/N-ethyl adjacent to an activating group) is 1. The van der Waals surface area contributed by atoms with E-state index in [1.165, 1.54) is 42.5 Å². The lowest BCUT2D eigenvalue weighted by Crippen LogP contribution is -2.52. The molecule has 1 aliphatic heterocycles. The maximum atomic E-state index is 13.7. The Hall–Kier alpha value is -3.35. The Kier molecular flexibility index (Phi) is 11.9. The van der Waals surface area contributed by atoms with Gasteiger partial charge in [-0.15, -0.1) is 0 Å². The number of amides is 2. The predicted octanol–water partition coefficient (Wildman–Crippen LogP) is 4.40. The summed E-state index contributed by atoms with van der Waals surface area (Å²) >= 11 is 12.2. The van der Waals surface area contributed by atoms with Crippen molar-refractivity contribution in [3.8, 4) is 5.75 Å². The van der Waals surface area contributed by atoms with E-state index >= 15 is 0 Å². The minimum Gasteiger partial charge on any atom is -0.363 e. The third-order valence-electron chi connectivity index (χ3n) is 7.43. The highest BCUT2D eigenvalue weighted by Crippen LogP contribution is 2.32. The number of rotatable bonds is 13. The number of para-hydroxylation sites is 1. The number of anilines is 1. The van der Waals surface area contributed by atoms with E-state index in [9.17, 15) is 18.0 Å². The minimum absolute atomic E-state index is 0.0882. The van der Waals surface area contributed by atoms with E-state index < -0.39 is 15.9 Å². The molecule has 236 valence electrons. The van der Waals surface area contributed by atoms with E-state index in [2.05, 4.69) is 29.0 Å². The van der Waals surface area contributed by atoms with E-state index in [1.807, 2.05) is 0 Å². The van der Waals surface area contributed by atoms with Crippen LogP contribution in [0.3, 0.4) is 0 Å². The number of nitrogens with one attached hydrogen (secondary N) is 1. The predicted molar refractivity (Wildman–Crippen MR) is 173 cm³/mol. The molecule has 3 aromatic rings. The van der Waals surface area contributed by atoms with Gasteiger partial charge in [0.2, 0.25) is 5.91 Å². The number of nitrogens with zero attached hydrogens (tertiary/aromatic N) is 4. The van der Waals surface area contributed by atoms with Gasteiger partial charge in [-0.1, -0.05) is 59.7 Å². The Bertz CT molecular complexity index is 1510. The molecule has 4 rings (SSSR count). The zero-order valence-corrected chi connectivity index (χ0v) is 27.1. The summed E-state index contributed by atoms with van der Waals surface area (Å²) in [6, 6.07) is 18.1. The first-order chi connectivity index (χ1) is 21.1. The molecule has 0 spiro atoms. The third-order valence-corrected chi connectivity index (χ3v) is 9.55. The Labute approximate surface area is 269 Å². The molecule has 2 amide bonds. The number of hydrogen-bond donors (Lipinski definition) is 1. The van der Waals surface area contributed by atoms with Gasteiger partial charge in [-0.2, -0.15) is 8.42 Å². The standard InChI is InChI=1S/C31H37Cl2N5O5S/c1-3-35(4-2)16-17-36-18-20-37(21-19-36)30(39)23-34-31(40)24-10-13-27(14-11-24)44(41,42)38(26-8-6-5-7-9-26)43-29-15-12-25(32)22-28(29)33/h5-15,22H,3-4,16-21,23H2,1-2H3,(H,34,40). The molecule has 10 nitrogen and oxygen atoms in total. The highest BCUT2D eigenvalue weighted by molar-refractivity contribution is 7.92. The van der Waals surface area contributed by atoms with Crippen molar-refractivity contribution in [2.75, 3.05) is 63.4 Å². The molecule has 1 N–H and O–H groups in total. The lowest BCUT2D eigenvalue weighted by molar-refractivity contribution is -0.131. The number of carbonyl (C=O) groups excluding carboxylic acids is 2. The molecule has 0 aromatic heterocycles. The molecule has 3 aromatic carbocycles. The molecule has 1 aliphatic rings. The summed E-state index contributed by atoms with van der Waals surface area (Å²) in [5.41, 5.74) is 0.453. The van der Waals surface area contributed by atoms with E-state index in [4.69, 9.17) is 28.0 Å². The number of carbonyl (C=O) groups is 2. The summed E-state index contributed by atoms with van der Waals surface area (Å²) < 4.78 is 28.1. The van der Waals surface area contributed by atoms with Crippen LogP contribution in [-0.2, 0) is 14.8 Å². The van der Waals surface area contributed by atoms with Gasteiger partial charge in [0.05, 0.1) is 22.2 Å². The monoisotopic (exact) mass is 661 g/mol. The van der Waals surface area contributed by atoms with Gasteiger partial charge in [-0.25, -0.2) is 0 Å². The van der Waals surface area contributed by atoms with Gasteiger partial charge in [0.15, 0.2) is 5.75 Å². The van der Waals surface area contributed by atoms with Crippen LogP contribution in [0.2, 0.25) is 10.0 Å². The van der Waals surface area contributed by atoms with Crippen molar-refractivity contribution in [2.45, 2.75) is 18.7 Å². The molecule has 0 unspecified atom stereocenters. The fourth-order valence-electron chi connectivity index (χ4n) is 4.72. The Morgan fingerprint density at radius 3 is 2.18 bits per heavy atom. The summed E-state index contributed by atoms with van der Waals surface area (Å²) in [4.78, 5) is 37.7. The van der Waals surface area contributed by atoms with Crippen LogP contribution < -0.4 is 14.6 Å². The highest BCUT2D eigenvalue weighted by Gasteiger charge is 2.29. The molecule has 1 heterocycles. The van der Waals surface area contributed by atoms with Gasteiger partial charge >= 0.3 is 0 Å². The van der Waals surface area contributed by atoms with E-state index in [0.717, 1.165) is 43.7 Å². The Morgan fingerprint density at radius 2 is 1.57 bits per heavy atom. The van der Waals surface area contributed by atoms with Crippen molar-refractivity contribution in [1.82, 2.24) is 20.0 Å². The normalized spacial score (nSPS) is 14.0. The van der Waals surface area contributed by atoms with Crippen LogP contribution >= 0.6 is 23.2 Å². The number of sulfonamides is 1. The van der Waals surface area contributed by atoms with Crippen LogP contribution in [0.4, 0.5) is 5.69 Å². The van der Waals surface area contributed by atoms with Crippen LogP contribution in [0.15, 0.2) is 77.7 Å². The topological polar surface area (TPSA) is 102 Å². The van der Waals surface area contributed by atoms with Crippen molar-refractivity contribution in [1.29, 1.82) is 0 Å². The van der Waals surface area contributed by atoms with Gasteiger partial charge in [0.1, 0.15) is 0 Å². The van der Waals surface area contributed by atoms with Crippen molar-refractivity contribution >= 4 is 50.7 Å². The molecule has 1 fully saturated rings. The van der Waals surface area contributed by atoms with Crippen LogP contribution in [0.5, 0.6) is 5.75 Å². The first kappa shape index (κ1) is 33.5. The molecular formula is C31H37Cl2N5O5S. The Balaban J connectivity index is 1.36. The number of benzene rings is 3. The van der Waals surface area contributed by atoms with Crippen LogP contribution in [0.1, 0.15) is 24.2 Å². The molecule has 0 radical (unpaired) electrons. The molecular weight excluding hydrogens is 625 g/mol. The molecule has 0 aliphatic carbocycles. The Morgan fingerprint density at radius 1 is 0.909 bits per heavy atom. The van der Waals surface area contributed by atoms with Crippen LogP contribution in [0.25, 0.3) is 0 Å². The number of piperazine rings is 1. The van der Waals surface area contributed by atoms with Crippen LogP contribution in [0, 0.1) is 0 Å². The summed E-state index contributed by atoms with van der Waals surface area (Å²) in [5.74, 6) is -0.549. The van der Waals surface area contributed by atoms with Crippen LogP contribution in [-0.4, -0.2) is 93.8 Å². The van der Waals surface area contributed by atoms with E-state index in [1.54, 1.807) is 35.2 Å². The smallest absolute Gasteiger partial charge is 0.295 e. The van der Waals surface area contributed by atoms with Gasteiger partial charge < -0.3 is 20.0 Å². The zero-order valence-electron chi connectivity index (χ0n) is 24.8. The minimum atomic E-state index is -4.26. The summed E-state index contributed by atoms with van der Waals surface area (Å²) in [7, 11) is -4.26. The van der Waals surface area contributed by atoms with Gasteiger partial charge in [-0.3, -0.25) is 14.5 Å². The first-order valence-corrected chi connectivity index (χ1v) is 16.7. The molecule has 0 bridgehead atoms. The number of hydrogen-bond acceptors (Lipinski definition) is 7. The van der Waals surface area contributed by atoms with E-state index in [0.29, 0.717) is 18.1 Å². The molecule has 1 saturated heterocycles.